The Hall–Kier alpha value is -5.60. The summed E-state index contributed by atoms with van der Waals surface area (Å²) in [6.07, 6.45) is 4.77. The lowest BCUT2D eigenvalue weighted by molar-refractivity contribution is -0.122. The number of amides is 2. The average molecular weight is 653 g/mol. The second-order valence-corrected chi connectivity index (χ2v) is 12.3. The number of imide groups is 1. The maximum Gasteiger partial charge on any atom is 0.259 e. The summed E-state index contributed by atoms with van der Waals surface area (Å²) in [7, 11) is 0. The van der Waals surface area contributed by atoms with Gasteiger partial charge in [-0.25, -0.2) is 0 Å². The summed E-state index contributed by atoms with van der Waals surface area (Å²) in [5.41, 5.74) is 6.00. The lowest BCUT2D eigenvalue weighted by Crippen LogP contribution is -2.24. The van der Waals surface area contributed by atoms with E-state index in [1.165, 1.54) is 0 Å². The maximum absolute atomic E-state index is 13.7. The molecule has 0 bridgehead atoms. The second kappa shape index (κ2) is 14.3. The van der Waals surface area contributed by atoms with Crippen molar-refractivity contribution in [1.82, 2.24) is 19.8 Å². The van der Waals surface area contributed by atoms with Crippen LogP contribution in [0.4, 0.5) is 0 Å². The summed E-state index contributed by atoms with van der Waals surface area (Å²) in [6, 6.07) is 31.8. The number of H-pyrrole nitrogens is 1. The molecule has 0 fully saturated rings. The van der Waals surface area contributed by atoms with Gasteiger partial charge in [-0.2, -0.15) is 0 Å². The van der Waals surface area contributed by atoms with E-state index in [0.717, 1.165) is 65.5 Å². The third-order valence-corrected chi connectivity index (χ3v) is 9.24. The van der Waals surface area contributed by atoms with Crippen LogP contribution in [0.3, 0.4) is 0 Å². The lowest BCUT2D eigenvalue weighted by atomic mass is 9.95. The fraction of sp³-hybridized carbons (Fsp3) is 0.220. The Kier molecular flexibility index (Phi) is 9.30. The molecule has 2 aromatic heterocycles. The summed E-state index contributed by atoms with van der Waals surface area (Å²) in [4.78, 5) is 33.0. The highest BCUT2D eigenvalue weighted by Gasteiger charge is 2.35. The van der Waals surface area contributed by atoms with E-state index in [2.05, 4.69) is 33.6 Å². The number of fused-ring (bicyclic) bond motifs is 2. The minimum absolute atomic E-state index is 0.342. The molecule has 0 spiro atoms. The van der Waals surface area contributed by atoms with E-state index in [4.69, 9.17) is 9.47 Å². The van der Waals surface area contributed by atoms with Gasteiger partial charge in [0.05, 0.1) is 11.1 Å². The zero-order chi connectivity index (χ0) is 33.7. The number of nitrogens with one attached hydrogen (secondary N) is 2. The van der Waals surface area contributed by atoms with Gasteiger partial charge in [0.2, 0.25) is 0 Å². The molecule has 0 unspecified atom stereocenters. The molecule has 248 valence electrons. The van der Waals surface area contributed by atoms with Crippen LogP contribution in [0.25, 0.3) is 33.0 Å². The van der Waals surface area contributed by atoms with Crippen molar-refractivity contribution in [2.45, 2.75) is 40.0 Å². The predicted octanol–water partition coefficient (Wildman–Crippen LogP) is 7.58. The van der Waals surface area contributed by atoms with Crippen molar-refractivity contribution < 1.29 is 19.1 Å². The lowest BCUT2D eigenvalue weighted by Gasteiger charge is -2.18. The molecule has 1 aliphatic rings. The maximum atomic E-state index is 13.7. The van der Waals surface area contributed by atoms with Crippen LogP contribution in [0.2, 0.25) is 0 Å². The van der Waals surface area contributed by atoms with E-state index in [1.807, 2.05) is 103 Å². The molecule has 2 amide bonds. The summed E-state index contributed by atoms with van der Waals surface area (Å²) >= 11 is 0. The van der Waals surface area contributed by atoms with E-state index in [0.29, 0.717) is 47.0 Å². The first-order valence-electron chi connectivity index (χ1n) is 16.9. The first-order chi connectivity index (χ1) is 24.0. The van der Waals surface area contributed by atoms with Gasteiger partial charge in [0.15, 0.2) is 0 Å². The fourth-order valence-electron chi connectivity index (χ4n) is 6.60. The zero-order valence-corrected chi connectivity index (χ0v) is 27.9. The van der Waals surface area contributed by atoms with Gasteiger partial charge in [-0.3, -0.25) is 14.9 Å². The largest absolute Gasteiger partial charge is 0.489 e. The van der Waals surface area contributed by atoms with Crippen LogP contribution < -0.4 is 14.8 Å². The average Bonchev–Trinajstić information content (AvgIpc) is 3.80. The molecule has 6 aromatic rings. The van der Waals surface area contributed by atoms with Gasteiger partial charge in [-0.15, -0.1) is 0 Å². The van der Waals surface area contributed by atoms with Crippen LogP contribution in [-0.4, -0.2) is 45.9 Å². The molecule has 3 heterocycles. The number of aromatic amines is 1. The molecule has 49 heavy (non-hydrogen) atoms. The molecule has 0 saturated carbocycles. The van der Waals surface area contributed by atoms with Crippen molar-refractivity contribution in [3.05, 3.63) is 132 Å². The topological polar surface area (TPSA) is 88.6 Å². The van der Waals surface area contributed by atoms with Crippen LogP contribution in [0.5, 0.6) is 11.5 Å². The highest BCUT2D eigenvalue weighted by atomic mass is 16.5. The minimum atomic E-state index is -0.421. The van der Waals surface area contributed by atoms with Crippen LogP contribution in [0.1, 0.15) is 42.5 Å². The number of aromatic nitrogens is 2. The van der Waals surface area contributed by atoms with Gasteiger partial charge in [0, 0.05) is 51.9 Å². The molecule has 8 nitrogen and oxygen atoms in total. The highest BCUT2D eigenvalue weighted by Crippen LogP contribution is 2.40. The zero-order valence-electron chi connectivity index (χ0n) is 27.9. The second-order valence-electron chi connectivity index (χ2n) is 12.3. The van der Waals surface area contributed by atoms with Gasteiger partial charge in [0.25, 0.3) is 11.8 Å². The fourth-order valence-corrected chi connectivity index (χ4v) is 6.60. The molecule has 0 saturated heterocycles. The summed E-state index contributed by atoms with van der Waals surface area (Å²) in [6.45, 7) is 8.93. The van der Waals surface area contributed by atoms with E-state index in [9.17, 15) is 9.59 Å². The standard InChI is InChI=1S/C41H40N4O4/c1-3-44(4-2)20-11-21-45-25-35(33-23-31(17-19-37(33)45)49-27-29-14-9-6-10-15-29)39-38(40(46)43-41(39)47)34-24-42-36-18-16-30(22-32(34)36)48-26-28-12-7-5-8-13-28/h5-10,12-19,22-25,42H,3-4,11,20-21,26-27H2,1-2H3,(H,43,46,47). The number of rotatable bonds is 14. The van der Waals surface area contributed by atoms with Crippen LogP contribution in [0.15, 0.2) is 109 Å². The number of ether oxygens (including phenoxy) is 2. The first-order valence-corrected chi connectivity index (χ1v) is 16.9. The van der Waals surface area contributed by atoms with Crippen molar-refractivity contribution in [3.63, 3.8) is 0 Å². The van der Waals surface area contributed by atoms with Crippen LogP contribution >= 0.6 is 0 Å². The Balaban J connectivity index is 1.29. The Morgan fingerprint density at radius 2 is 1.29 bits per heavy atom. The molecular weight excluding hydrogens is 612 g/mol. The minimum Gasteiger partial charge on any atom is -0.489 e. The van der Waals surface area contributed by atoms with Gasteiger partial charge in [-0.05, 0) is 73.6 Å². The van der Waals surface area contributed by atoms with E-state index in [-0.39, 0.29) is 0 Å². The number of carbonyl (C=O) groups is 2. The van der Waals surface area contributed by atoms with Gasteiger partial charge in [0.1, 0.15) is 24.7 Å². The Morgan fingerprint density at radius 1 is 0.694 bits per heavy atom. The number of benzene rings is 4. The first kappa shape index (κ1) is 32.0. The predicted molar refractivity (Wildman–Crippen MR) is 194 cm³/mol. The molecule has 0 aliphatic carbocycles. The van der Waals surface area contributed by atoms with Crippen molar-refractivity contribution in [3.8, 4) is 11.5 Å². The molecule has 0 radical (unpaired) electrons. The normalized spacial score (nSPS) is 13.2. The number of carbonyl (C=O) groups excluding carboxylic acids is 2. The highest BCUT2D eigenvalue weighted by molar-refractivity contribution is 6.50. The monoisotopic (exact) mass is 652 g/mol. The van der Waals surface area contributed by atoms with Gasteiger partial charge >= 0.3 is 0 Å². The smallest absolute Gasteiger partial charge is 0.259 e. The summed E-state index contributed by atoms with van der Waals surface area (Å²) in [5, 5.41) is 4.26. The van der Waals surface area contributed by atoms with E-state index < -0.39 is 11.8 Å². The SMILES string of the molecule is CCN(CC)CCCn1cc(C2=C(c3c[nH]c4ccc(OCc5ccccc5)cc34)C(=O)NC2=O)c2cc(OCc3ccccc3)ccc21. The van der Waals surface area contributed by atoms with Gasteiger partial charge < -0.3 is 23.9 Å². The number of aryl methyl sites for hydroxylation is 1. The summed E-state index contributed by atoms with van der Waals surface area (Å²) in [5.74, 6) is 0.533. The molecule has 4 aromatic carbocycles. The molecule has 1 aliphatic heterocycles. The van der Waals surface area contributed by atoms with Gasteiger partial charge in [-0.1, -0.05) is 74.5 Å². The number of hydrogen-bond donors (Lipinski definition) is 2. The van der Waals surface area contributed by atoms with E-state index >= 15 is 0 Å². The van der Waals surface area contributed by atoms with Crippen molar-refractivity contribution in [2.24, 2.45) is 0 Å². The molecule has 7 rings (SSSR count). The van der Waals surface area contributed by atoms with E-state index in [1.54, 1.807) is 6.20 Å². The van der Waals surface area contributed by atoms with Crippen molar-refractivity contribution in [1.29, 1.82) is 0 Å². The molecule has 8 heteroatoms. The quantitative estimate of drug-likeness (QED) is 0.119. The van der Waals surface area contributed by atoms with Crippen LogP contribution in [0, 0.1) is 0 Å². The third kappa shape index (κ3) is 6.73. The van der Waals surface area contributed by atoms with Crippen LogP contribution in [-0.2, 0) is 29.3 Å². The van der Waals surface area contributed by atoms with Crippen molar-refractivity contribution >= 4 is 44.8 Å². The van der Waals surface area contributed by atoms with Crippen molar-refractivity contribution in [2.75, 3.05) is 19.6 Å². The Bertz CT molecular complexity index is 2140. The molecule has 2 N–H and O–H groups in total. The Morgan fingerprint density at radius 3 is 1.92 bits per heavy atom. The number of hydrogen-bond acceptors (Lipinski definition) is 5. The Labute approximate surface area is 286 Å². The molecule has 0 atom stereocenters. The third-order valence-electron chi connectivity index (χ3n) is 9.24. The summed E-state index contributed by atoms with van der Waals surface area (Å²) < 4.78 is 14.5. The molecular formula is C41H40N4O4. The number of nitrogens with zero attached hydrogens (tertiary/aromatic N) is 2.